The number of fused-ring (bicyclic) bond motifs is 1. The second-order valence-electron chi connectivity index (χ2n) is 5.97. The predicted octanol–water partition coefficient (Wildman–Crippen LogP) is 3.98. The van der Waals surface area contributed by atoms with Crippen molar-refractivity contribution in [3.8, 4) is 0 Å². The van der Waals surface area contributed by atoms with E-state index in [0.717, 1.165) is 37.3 Å². The zero-order chi connectivity index (χ0) is 14.9. The van der Waals surface area contributed by atoms with Gasteiger partial charge in [-0.2, -0.15) is 0 Å². The van der Waals surface area contributed by atoms with Crippen molar-refractivity contribution >= 4 is 28.2 Å². The molecule has 0 bridgehead atoms. The van der Waals surface area contributed by atoms with Crippen LogP contribution in [0.15, 0.2) is 30.5 Å². The minimum Gasteiger partial charge on any atom is -0.377 e. The fourth-order valence-electron chi connectivity index (χ4n) is 3.15. The zero-order valence-electron chi connectivity index (χ0n) is 12.6. The van der Waals surface area contributed by atoms with Crippen molar-refractivity contribution in [3.63, 3.8) is 0 Å². The van der Waals surface area contributed by atoms with Crippen LogP contribution in [0.1, 0.15) is 25.3 Å². The molecule has 0 aliphatic carbocycles. The lowest BCUT2D eigenvalue weighted by atomic mass is 9.94. The first-order valence-corrected chi connectivity index (χ1v) is 7.93. The van der Waals surface area contributed by atoms with Gasteiger partial charge in [-0.1, -0.05) is 24.3 Å². The molecule has 0 radical (unpaired) electrons. The molecule has 2 aromatic rings. The summed E-state index contributed by atoms with van der Waals surface area (Å²) in [6, 6.07) is 8.37. The molecule has 1 fully saturated rings. The number of methoxy groups -OCH3 is 1. The molecule has 0 saturated carbocycles. The molecule has 1 aliphatic heterocycles. The molecule has 1 aromatic carbocycles. The van der Waals surface area contributed by atoms with E-state index in [2.05, 4.69) is 41.1 Å². The predicted molar refractivity (Wildman–Crippen MR) is 88.2 cm³/mol. The summed E-state index contributed by atoms with van der Waals surface area (Å²) in [7, 11) is 1.80. The molecule has 3 nitrogen and oxygen atoms in total. The fraction of sp³-hybridized carbons (Fsp3) is 0.471. The highest BCUT2D eigenvalue weighted by molar-refractivity contribution is 6.18. The van der Waals surface area contributed by atoms with Gasteiger partial charge in [0.25, 0.3) is 0 Å². The van der Waals surface area contributed by atoms with E-state index in [1.54, 1.807) is 7.11 Å². The lowest BCUT2D eigenvalue weighted by Crippen LogP contribution is -2.47. The summed E-state index contributed by atoms with van der Waals surface area (Å²) in [5, 5.41) is 2.37. The first kappa shape index (κ1) is 14.6. The number of halogens is 1. The quantitative estimate of drug-likeness (QED) is 0.802. The molecule has 112 valence electrons. The van der Waals surface area contributed by atoms with Gasteiger partial charge in [0.1, 0.15) is 5.82 Å². The summed E-state index contributed by atoms with van der Waals surface area (Å²) in [6.07, 6.45) is 4.12. The van der Waals surface area contributed by atoms with Crippen molar-refractivity contribution in [3.05, 3.63) is 36.0 Å². The van der Waals surface area contributed by atoms with E-state index in [1.807, 2.05) is 6.20 Å². The van der Waals surface area contributed by atoms with Crippen LogP contribution in [0, 0.1) is 0 Å². The average molecular weight is 305 g/mol. The third kappa shape index (κ3) is 2.72. The molecule has 1 atom stereocenters. The van der Waals surface area contributed by atoms with Gasteiger partial charge in [0.2, 0.25) is 0 Å². The van der Waals surface area contributed by atoms with Crippen molar-refractivity contribution in [2.45, 2.75) is 31.2 Å². The van der Waals surface area contributed by atoms with Gasteiger partial charge in [0, 0.05) is 37.7 Å². The summed E-state index contributed by atoms with van der Waals surface area (Å²) in [4.78, 5) is 7.03. The zero-order valence-corrected chi connectivity index (χ0v) is 13.4. The SMILES string of the molecule is COC1(C)CCCN(c2ncc(CCl)c3ccccc23)C1. The molecular weight excluding hydrogens is 284 g/mol. The summed E-state index contributed by atoms with van der Waals surface area (Å²) in [6.45, 7) is 4.07. The number of hydrogen-bond acceptors (Lipinski definition) is 3. The van der Waals surface area contributed by atoms with Crippen LogP contribution in [-0.2, 0) is 10.6 Å². The highest BCUT2D eigenvalue weighted by Gasteiger charge is 2.32. The van der Waals surface area contributed by atoms with Gasteiger partial charge in [0.15, 0.2) is 0 Å². The van der Waals surface area contributed by atoms with Crippen molar-refractivity contribution < 1.29 is 4.74 Å². The first-order chi connectivity index (χ1) is 10.2. The number of alkyl halides is 1. The van der Waals surface area contributed by atoms with Crippen LogP contribution in [0.2, 0.25) is 0 Å². The van der Waals surface area contributed by atoms with Crippen LogP contribution >= 0.6 is 11.6 Å². The standard InChI is InChI=1S/C17H21ClN2O/c1-17(21-2)8-5-9-20(12-17)16-15-7-4-3-6-14(15)13(10-18)11-19-16/h3-4,6-7,11H,5,8-10,12H2,1-2H3. The second-order valence-corrected chi connectivity index (χ2v) is 6.23. The Morgan fingerprint density at radius 2 is 2.10 bits per heavy atom. The monoisotopic (exact) mass is 304 g/mol. The summed E-state index contributed by atoms with van der Waals surface area (Å²) < 4.78 is 5.70. The van der Waals surface area contributed by atoms with Crippen LogP contribution in [0.25, 0.3) is 10.8 Å². The van der Waals surface area contributed by atoms with E-state index in [-0.39, 0.29) is 5.60 Å². The lowest BCUT2D eigenvalue weighted by Gasteiger charge is -2.40. The molecule has 3 rings (SSSR count). The van der Waals surface area contributed by atoms with Gasteiger partial charge < -0.3 is 9.64 Å². The average Bonchev–Trinajstić information content (AvgIpc) is 2.54. The van der Waals surface area contributed by atoms with Crippen molar-refractivity contribution in [2.75, 3.05) is 25.1 Å². The molecule has 1 saturated heterocycles. The van der Waals surface area contributed by atoms with Crippen LogP contribution in [0.4, 0.5) is 5.82 Å². The minimum absolute atomic E-state index is 0.0911. The Balaban J connectivity index is 2.05. The molecular formula is C17H21ClN2O. The van der Waals surface area contributed by atoms with E-state index in [9.17, 15) is 0 Å². The second kappa shape index (κ2) is 5.82. The maximum atomic E-state index is 6.04. The van der Waals surface area contributed by atoms with E-state index >= 15 is 0 Å². The smallest absolute Gasteiger partial charge is 0.136 e. The molecule has 1 aromatic heterocycles. The number of rotatable bonds is 3. The van der Waals surface area contributed by atoms with E-state index in [1.165, 1.54) is 10.8 Å². The van der Waals surface area contributed by atoms with Gasteiger partial charge in [-0.25, -0.2) is 4.98 Å². The molecule has 1 aliphatic rings. The number of benzene rings is 1. The fourth-order valence-corrected chi connectivity index (χ4v) is 3.36. The van der Waals surface area contributed by atoms with Gasteiger partial charge >= 0.3 is 0 Å². The Hall–Kier alpha value is -1.32. The van der Waals surface area contributed by atoms with Crippen LogP contribution in [0.5, 0.6) is 0 Å². The van der Waals surface area contributed by atoms with Gasteiger partial charge in [-0.3, -0.25) is 0 Å². The number of aromatic nitrogens is 1. The normalized spacial score (nSPS) is 22.7. The molecule has 4 heteroatoms. The van der Waals surface area contributed by atoms with Gasteiger partial charge in [-0.15, -0.1) is 11.6 Å². The third-order valence-electron chi connectivity index (χ3n) is 4.45. The van der Waals surface area contributed by atoms with Crippen LogP contribution < -0.4 is 4.90 Å². The van der Waals surface area contributed by atoms with Crippen molar-refractivity contribution in [2.24, 2.45) is 0 Å². The number of hydrogen-bond donors (Lipinski definition) is 0. The van der Waals surface area contributed by atoms with E-state index in [4.69, 9.17) is 16.3 Å². The van der Waals surface area contributed by atoms with E-state index < -0.39 is 0 Å². The maximum absolute atomic E-state index is 6.04. The lowest BCUT2D eigenvalue weighted by molar-refractivity contribution is -0.00475. The number of nitrogens with zero attached hydrogens (tertiary/aromatic N) is 2. The van der Waals surface area contributed by atoms with Crippen molar-refractivity contribution in [1.82, 2.24) is 4.98 Å². The Bertz CT molecular complexity index is 646. The Morgan fingerprint density at radius 1 is 1.33 bits per heavy atom. The highest BCUT2D eigenvalue weighted by atomic mass is 35.5. The van der Waals surface area contributed by atoms with Gasteiger partial charge in [0.05, 0.1) is 5.60 Å². The summed E-state index contributed by atoms with van der Waals surface area (Å²) >= 11 is 6.04. The third-order valence-corrected chi connectivity index (χ3v) is 4.74. The topological polar surface area (TPSA) is 25.4 Å². The molecule has 2 heterocycles. The Labute approximate surface area is 130 Å². The summed E-state index contributed by atoms with van der Waals surface area (Å²) in [5.41, 5.74) is 0.995. The van der Waals surface area contributed by atoms with Gasteiger partial charge in [-0.05, 0) is 30.7 Å². The first-order valence-electron chi connectivity index (χ1n) is 7.39. The number of piperidine rings is 1. The molecule has 21 heavy (non-hydrogen) atoms. The van der Waals surface area contributed by atoms with Crippen molar-refractivity contribution in [1.29, 1.82) is 0 Å². The number of pyridine rings is 1. The van der Waals surface area contributed by atoms with Crippen LogP contribution in [-0.4, -0.2) is 30.8 Å². The number of ether oxygens (including phenoxy) is 1. The Kier molecular flexibility index (Phi) is 4.05. The molecule has 1 unspecified atom stereocenters. The largest absolute Gasteiger partial charge is 0.377 e. The van der Waals surface area contributed by atoms with Crippen LogP contribution in [0.3, 0.4) is 0 Å². The molecule has 0 spiro atoms. The molecule has 0 amide bonds. The summed E-state index contributed by atoms with van der Waals surface area (Å²) in [5.74, 6) is 1.53. The highest BCUT2D eigenvalue weighted by Crippen LogP contribution is 2.32. The Morgan fingerprint density at radius 3 is 2.81 bits per heavy atom. The maximum Gasteiger partial charge on any atom is 0.136 e. The van der Waals surface area contributed by atoms with E-state index in [0.29, 0.717) is 5.88 Å². The number of anilines is 1. The minimum atomic E-state index is -0.0911. The molecule has 0 N–H and O–H groups in total.